The number of carbonyl (C=O) groups excluding carboxylic acids is 2. The van der Waals surface area contributed by atoms with Gasteiger partial charge in [-0.2, -0.15) is 0 Å². The Labute approximate surface area is 153 Å². The molecule has 2 aromatic rings. The number of rotatable bonds is 3. The van der Waals surface area contributed by atoms with Gasteiger partial charge in [0.15, 0.2) is 5.13 Å². The maximum absolute atomic E-state index is 12.6. The third kappa shape index (κ3) is 3.88. The summed E-state index contributed by atoms with van der Waals surface area (Å²) in [4.78, 5) is 30.6. The van der Waals surface area contributed by atoms with Crippen LogP contribution in [-0.2, 0) is 4.79 Å². The Morgan fingerprint density at radius 3 is 2.67 bits per heavy atom. The lowest BCUT2D eigenvalue weighted by Gasteiger charge is -2.31. The second-order valence-corrected chi connectivity index (χ2v) is 7.26. The number of hydrogen-bond donors (Lipinski definition) is 1. The fourth-order valence-electron chi connectivity index (χ4n) is 2.67. The van der Waals surface area contributed by atoms with E-state index in [1.165, 1.54) is 11.3 Å². The Kier molecular flexibility index (Phi) is 5.38. The maximum atomic E-state index is 12.6. The van der Waals surface area contributed by atoms with Crippen molar-refractivity contribution >= 4 is 51.5 Å². The SMILES string of the molecule is O=C(Nc1nccs1)C1CCN(C(=O)c2cc(Cl)ccc2Cl)CC1. The lowest BCUT2D eigenvalue weighted by molar-refractivity contribution is -0.121. The molecule has 0 radical (unpaired) electrons. The quantitative estimate of drug-likeness (QED) is 0.872. The van der Waals surface area contributed by atoms with Crippen molar-refractivity contribution in [1.29, 1.82) is 0 Å². The fourth-order valence-corrected chi connectivity index (χ4v) is 3.57. The van der Waals surface area contributed by atoms with Crippen LogP contribution < -0.4 is 5.32 Å². The lowest BCUT2D eigenvalue weighted by Crippen LogP contribution is -2.41. The second-order valence-electron chi connectivity index (χ2n) is 5.52. The average Bonchev–Trinajstić information content (AvgIpc) is 3.09. The molecule has 8 heteroatoms. The number of benzene rings is 1. The highest BCUT2D eigenvalue weighted by Crippen LogP contribution is 2.25. The molecule has 3 rings (SSSR count). The molecule has 1 aliphatic heterocycles. The van der Waals surface area contributed by atoms with Gasteiger partial charge in [-0.25, -0.2) is 4.98 Å². The minimum Gasteiger partial charge on any atom is -0.339 e. The van der Waals surface area contributed by atoms with E-state index in [0.717, 1.165) is 0 Å². The van der Waals surface area contributed by atoms with E-state index in [-0.39, 0.29) is 17.7 Å². The molecule has 1 N–H and O–H groups in total. The van der Waals surface area contributed by atoms with Gasteiger partial charge in [-0.1, -0.05) is 23.2 Å². The Bertz CT molecular complexity index is 744. The maximum Gasteiger partial charge on any atom is 0.255 e. The van der Waals surface area contributed by atoms with Crippen LogP contribution in [0.25, 0.3) is 0 Å². The number of amides is 2. The van der Waals surface area contributed by atoms with Crippen molar-refractivity contribution in [2.24, 2.45) is 5.92 Å². The number of thiazole rings is 1. The van der Waals surface area contributed by atoms with Gasteiger partial charge in [-0.15, -0.1) is 11.3 Å². The van der Waals surface area contributed by atoms with Gasteiger partial charge in [0, 0.05) is 35.6 Å². The van der Waals surface area contributed by atoms with E-state index in [4.69, 9.17) is 23.2 Å². The van der Waals surface area contributed by atoms with Crippen molar-refractivity contribution in [3.8, 4) is 0 Å². The molecule has 24 heavy (non-hydrogen) atoms. The van der Waals surface area contributed by atoms with Gasteiger partial charge >= 0.3 is 0 Å². The summed E-state index contributed by atoms with van der Waals surface area (Å²) in [5.74, 6) is -0.313. The van der Waals surface area contributed by atoms with Crippen LogP contribution in [0.2, 0.25) is 10.0 Å². The molecule has 0 spiro atoms. The molecule has 0 unspecified atom stereocenters. The monoisotopic (exact) mass is 383 g/mol. The zero-order chi connectivity index (χ0) is 17.1. The number of likely N-dealkylation sites (tertiary alicyclic amines) is 1. The third-order valence-electron chi connectivity index (χ3n) is 3.97. The predicted octanol–water partition coefficient (Wildman–Crippen LogP) is 3.94. The van der Waals surface area contributed by atoms with Crippen LogP contribution in [0.5, 0.6) is 0 Å². The Hall–Kier alpha value is -1.63. The Morgan fingerprint density at radius 2 is 2.00 bits per heavy atom. The lowest BCUT2D eigenvalue weighted by atomic mass is 9.95. The number of nitrogens with zero attached hydrogens (tertiary/aromatic N) is 2. The van der Waals surface area contributed by atoms with Gasteiger partial charge in [-0.3, -0.25) is 9.59 Å². The highest BCUT2D eigenvalue weighted by Gasteiger charge is 2.29. The molecular formula is C16H15Cl2N3O2S. The Balaban J connectivity index is 1.59. The summed E-state index contributed by atoms with van der Waals surface area (Å²) >= 11 is 13.4. The van der Waals surface area contributed by atoms with E-state index in [1.54, 1.807) is 29.3 Å². The normalized spacial score (nSPS) is 15.3. The average molecular weight is 384 g/mol. The van der Waals surface area contributed by atoms with Gasteiger partial charge < -0.3 is 10.2 Å². The first-order valence-corrected chi connectivity index (χ1v) is 9.13. The zero-order valence-electron chi connectivity index (χ0n) is 12.7. The van der Waals surface area contributed by atoms with Crippen LogP contribution in [0, 0.1) is 5.92 Å². The Morgan fingerprint density at radius 1 is 1.25 bits per heavy atom. The molecule has 0 saturated carbocycles. The molecule has 1 aromatic heterocycles. The molecule has 1 saturated heterocycles. The van der Waals surface area contributed by atoms with Crippen molar-refractivity contribution in [1.82, 2.24) is 9.88 Å². The number of anilines is 1. The van der Waals surface area contributed by atoms with Crippen LogP contribution >= 0.6 is 34.5 Å². The smallest absolute Gasteiger partial charge is 0.255 e. The van der Waals surface area contributed by atoms with Crippen molar-refractivity contribution in [3.05, 3.63) is 45.4 Å². The van der Waals surface area contributed by atoms with E-state index >= 15 is 0 Å². The summed E-state index contributed by atoms with van der Waals surface area (Å²) in [6.07, 6.45) is 2.87. The zero-order valence-corrected chi connectivity index (χ0v) is 15.0. The van der Waals surface area contributed by atoms with Crippen molar-refractivity contribution in [2.45, 2.75) is 12.8 Å². The van der Waals surface area contributed by atoms with Gasteiger partial charge in [0.25, 0.3) is 5.91 Å². The van der Waals surface area contributed by atoms with E-state index in [1.807, 2.05) is 5.38 Å². The van der Waals surface area contributed by atoms with Crippen LogP contribution in [0.1, 0.15) is 23.2 Å². The van der Waals surface area contributed by atoms with E-state index in [2.05, 4.69) is 10.3 Å². The van der Waals surface area contributed by atoms with Crippen LogP contribution in [0.15, 0.2) is 29.8 Å². The first kappa shape index (κ1) is 17.2. The van der Waals surface area contributed by atoms with Crippen LogP contribution in [0.4, 0.5) is 5.13 Å². The standard InChI is InChI=1S/C16H15Cl2N3O2S/c17-11-1-2-13(18)12(9-11)15(23)21-6-3-10(4-7-21)14(22)20-16-19-5-8-24-16/h1-2,5,8-10H,3-4,6-7H2,(H,19,20,22). The summed E-state index contributed by atoms with van der Waals surface area (Å²) in [6.45, 7) is 1.02. The molecule has 0 aliphatic carbocycles. The highest BCUT2D eigenvalue weighted by atomic mass is 35.5. The van der Waals surface area contributed by atoms with Gasteiger partial charge in [-0.05, 0) is 31.0 Å². The largest absolute Gasteiger partial charge is 0.339 e. The van der Waals surface area contributed by atoms with E-state index < -0.39 is 0 Å². The first-order chi connectivity index (χ1) is 11.5. The number of aromatic nitrogens is 1. The number of hydrogen-bond acceptors (Lipinski definition) is 4. The minimum atomic E-state index is -0.152. The summed E-state index contributed by atoms with van der Waals surface area (Å²) in [5, 5.41) is 6.08. The molecule has 1 fully saturated rings. The fraction of sp³-hybridized carbons (Fsp3) is 0.312. The number of piperidine rings is 1. The topological polar surface area (TPSA) is 62.3 Å². The molecule has 5 nitrogen and oxygen atoms in total. The van der Waals surface area contributed by atoms with Gasteiger partial charge in [0.1, 0.15) is 0 Å². The van der Waals surface area contributed by atoms with Crippen molar-refractivity contribution < 1.29 is 9.59 Å². The molecule has 1 aliphatic rings. The number of nitrogens with one attached hydrogen (secondary N) is 1. The molecule has 2 amide bonds. The van der Waals surface area contributed by atoms with Gasteiger partial charge in [0.05, 0.1) is 10.6 Å². The highest BCUT2D eigenvalue weighted by molar-refractivity contribution is 7.13. The van der Waals surface area contributed by atoms with Crippen molar-refractivity contribution in [3.63, 3.8) is 0 Å². The third-order valence-corrected chi connectivity index (χ3v) is 5.23. The molecule has 1 aromatic carbocycles. The number of carbonyl (C=O) groups is 2. The molecule has 126 valence electrons. The van der Waals surface area contributed by atoms with Crippen LogP contribution in [-0.4, -0.2) is 34.8 Å². The summed E-state index contributed by atoms with van der Waals surface area (Å²) < 4.78 is 0. The molecule has 2 heterocycles. The number of halogens is 2. The molecular weight excluding hydrogens is 369 g/mol. The summed E-state index contributed by atoms with van der Waals surface area (Å²) in [5.41, 5.74) is 0.398. The molecule has 0 atom stereocenters. The van der Waals surface area contributed by atoms with Gasteiger partial charge in [0.2, 0.25) is 5.91 Å². The van der Waals surface area contributed by atoms with Crippen LogP contribution in [0.3, 0.4) is 0 Å². The van der Waals surface area contributed by atoms with Crippen molar-refractivity contribution in [2.75, 3.05) is 18.4 Å². The summed E-state index contributed by atoms with van der Waals surface area (Å²) in [7, 11) is 0. The second kappa shape index (κ2) is 7.51. The first-order valence-electron chi connectivity index (χ1n) is 7.49. The minimum absolute atomic E-state index is 0.0437. The van der Waals surface area contributed by atoms with E-state index in [9.17, 15) is 9.59 Å². The van der Waals surface area contributed by atoms with E-state index in [0.29, 0.717) is 46.7 Å². The molecule has 0 bridgehead atoms. The summed E-state index contributed by atoms with van der Waals surface area (Å²) in [6, 6.07) is 4.84. The predicted molar refractivity (Wildman–Crippen MR) is 95.8 cm³/mol.